The van der Waals surface area contributed by atoms with Crippen LogP contribution in [0.1, 0.15) is 93.6 Å². The summed E-state index contributed by atoms with van der Waals surface area (Å²) in [5, 5.41) is 11.6. The number of rotatable bonds is 29. The predicted molar refractivity (Wildman–Crippen MR) is 242 cm³/mol. The van der Waals surface area contributed by atoms with Gasteiger partial charge in [-0.25, -0.2) is 4.79 Å². The van der Waals surface area contributed by atoms with Crippen LogP contribution in [-0.2, 0) is 59.1 Å². The van der Waals surface area contributed by atoms with Crippen molar-refractivity contribution in [2.24, 2.45) is 5.92 Å². The number of nitrogens with one attached hydrogen (secondary N) is 3. The van der Waals surface area contributed by atoms with E-state index in [4.69, 9.17) is 23.8 Å². The summed E-state index contributed by atoms with van der Waals surface area (Å²) in [6, 6.07) is 11.6. The first kappa shape index (κ1) is 50.8. The number of anilines is 1. The number of hydrogen-bond donors (Lipinski definition) is 3. The van der Waals surface area contributed by atoms with E-state index >= 15 is 0 Å². The fraction of sp³-hybridized carbons (Fsp3) is 0.587. The first-order valence-corrected chi connectivity index (χ1v) is 23.6. The van der Waals surface area contributed by atoms with E-state index in [0.717, 1.165) is 34.3 Å². The van der Waals surface area contributed by atoms with E-state index in [1.54, 1.807) is 4.90 Å². The molecule has 3 N–H and O–H groups in total. The molecule has 65 heavy (non-hydrogen) atoms. The Morgan fingerprint density at radius 1 is 0.769 bits per heavy atom. The van der Waals surface area contributed by atoms with Gasteiger partial charge in [0.05, 0.1) is 69.5 Å². The Bertz CT molecular complexity index is 2030. The summed E-state index contributed by atoms with van der Waals surface area (Å²) in [6.07, 6.45) is 5.45. The van der Waals surface area contributed by atoms with E-state index in [1.807, 2.05) is 60.2 Å². The van der Waals surface area contributed by atoms with Gasteiger partial charge in [0.2, 0.25) is 17.7 Å². The molecule has 2 fully saturated rings. The Hall–Kier alpha value is -5.21. The van der Waals surface area contributed by atoms with Crippen LogP contribution in [0.4, 0.5) is 5.69 Å². The summed E-state index contributed by atoms with van der Waals surface area (Å²) in [5.74, 6) is -2.18. The molecule has 3 heterocycles. The van der Waals surface area contributed by atoms with Crippen LogP contribution in [0.3, 0.4) is 0 Å². The van der Waals surface area contributed by atoms with E-state index in [2.05, 4.69) is 16.0 Å². The molecule has 0 atom stereocenters. The lowest BCUT2D eigenvalue weighted by Gasteiger charge is -2.28. The summed E-state index contributed by atoms with van der Waals surface area (Å²) >= 11 is 1.54. The average Bonchev–Trinajstić information content (AvgIpc) is 3.99. The van der Waals surface area contributed by atoms with Gasteiger partial charge in [-0.1, -0.05) is 18.6 Å². The van der Waals surface area contributed by atoms with Crippen LogP contribution in [0, 0.1) is 12.8 Å². The molecule has 0 spiro atoms. The average molecular weight is 925 g/mol. The molecule has 2 aliphatic rings. The van der Waals surface area contributed by atoms with Crippen LogP contribution in [0.15, 0.2) is 41.8 Å². The van der Waals surface area contributed by atoms with Crippen LogP contribution in [-0.4, -0.2) is 130 Å². The molecule has 2 aromatic heterocycles. The Kier molecular flexibility index (Phi) is 21.3. The number of aromatic nitrogens is 1. The molecular weight excluding hydrogens is 861 g/mol. The van der Waals surface area contributed by atoms with Gasteiger partial charge in [0.1, 0.15) is 12.2 Å². The number of imide groups is 1. The minimum Gasteiger partial charge on any atom is -0.378 e. The largest absolute Gasteiger partial charge is 0.378 e. The van der Waals surface area contributed by atoms with Crippen molar-refractivity contribution >= 4 is 68.7 Å². The van der Waals surface area contributed by atoms with Crippen molar-refractivity contribution in [1.82, 2.24) is 25.6 Å². The van der Waals surface area contributed by atoms with E-state index in [0.29, 0.717) is 109 Å². The number of hydroxylamine groups is 2. The highest BCUT2D eigenvalue weighted by atomic mass is 32.1. The van der Waals surface area contributed by atoms with Gasteiger partial charge in [0.25, 0.3) is 17.7 Å². The molecule has 19 heteroatoms. The highest BCUT2D eigenvalue weighted by Crippen LogP contribution is 2.28. The van der Waals surface area contributed by atoms with Crippen molar-refractivity contribution in [2.75, 3.05) is 77.4 Å². The molecule has 0 bridgehead atoms. The molecule has 0 unspecified atom stereocenters. The van der Waals surface area contributed by atoms with Crippen molar-refractivity contribution in [3.8, 4) is 0 Å². The van der Waals surface area contributed by atoms with Crippen LogP contribution < -0.4 is 20.9 Å². The molecule has 5 rings (SSSR count). The van der Waals surface area contributed by atoms with Crippen molar-refractivity contribution in [2.45, 2.75) is 97.1 Å². The summed E-state index contributed by atoms with van der Waals surface area (Å²) in [7, 11) is 0. The van der Waals surface area contributed by atoms with E-state index < -0.39 is 17.8 Å². The van der Waals surface area contributed by atoms with E-state index in [9.17, 15) is 33.6 Å². The van der Waals surface area contributed by atoms with Crippen molar-refractivity contribution in [3.63, 3.8) is 0 Å². The summed E-state index contributed by atoms with van der Waals surface area (Å²) < 4.78 is 24.4. The summed E-state index contributed by atoms with van der Waals surface area (Å²) in [4.78, 5) is 93.5. The second-order valence-electron chi connectivity index (χ2n) is 16.0. The number of aryl methyl sites for hydroxylation is 1. The third-order valence-electron chi connectivity index (χ3n) is 11.1. The van der Waals surface area contributed by atoms with Gasteiger partial charge in [-0.3, -0.25) is 28.8 Å². The zero-order valence-corrected chi connectivity index (χ0v) is 38.4. The fourth-order valence-corrected chi connectivity index (χ4v) is 8.45. The Morgan fingerprint density at radius 3 is 2.12 bits per heavy atom. The van der Waals surface area contributed by atoms with Crippen molar-refractivity contribution in [3.05, 3.63) is 53.0 Å². The number of likely N-dealkylation sites (N-methyl/N-ethyl adjacent to an activating group) is 1. The minimum atomic E-state index is -0.716. The zero-order valence-electron chi connectivity index (χ0n) is 37.6. The molecule has 6 amide bonds. The lowest BCUT2D eigenvalue weighted by molar-refractivity contribution is -0.198. The van der Waals surface area contributed by atoms with Gasteiger partial charge < -0.3 is 49.2 Å². The maximum atomic E-state index is 13.6. The van der Waals surface area contributed by atoms with Crippen molar-refractivity contribution in [1.29, 1.82) is 0 Å². The maximum Gasteiger partial charge on any atom is 0.335 e. The van der Waals surface area contributed by atoms with Gasteiger partial charge in [-0.05, 0) is 87.6 Å². The topological polar surface area (TPSA) is 213 Å². The van der Waals surface area contributed by atoms with Crippen LogP contribution in [0.25, 0.3) is 10.2 Å². The van der Waals surface area contributed by atoms with Gasteiger partial charge in [0, 0.05) is 56.5 Å². The smallest absolute Gasteiger partial charge is 0.335 e. The molecule has 1 saturated carbocycles. The summed E-state index contributed by atoms with van der Waals surface area (Å²) in [6.45, 7) is 7.92. The zero-order chi connectivity index (χ0) is 46.4. The van der Waals surface area contributed by atoms with Gasteiger partial charge >= 0.3 is 5.97 Å². The lowest BCUT2D eigenvalue weighted by Crippen LogP contribution is -2.42. The molecule has 1 saturated heterocycles. The van der Waals surface area contributed by atoms with Crippen LogP contribution in [0.5, 0.6) is 0 Å². The Balaban J connectivity index is 0.823. The monoisotopic (exact) mass is 924 g/mol. The number of hydrogen-bond acceptors (Lipinski definition) is 13. The molecule has 1 aromatic carbocycles. The van der Waals surface area contributed by atoms with E-state index in [1.165, 1.54) is 11.3 Å². The number of unbranched alkanes of at least 4 members (excludes halogenated alkanes) is 2. The van der Waals surface area contributed by atoms with Gasteiger partial charge in [-0.2, -0.15) is 0 Å². The quantitative estimate of drug-likeness (QED) is 0.0660. The first-order chi connectivity index (χ1) is 31.5. The Morgan fingerprint density at radius 2 is 1.45 bits per heavy atom. The standard InChI is InChI=1S/C46H64N6O12S/c1-3-50(36-9-7-8-33(2)30-36)43(56)32-51-37-18-29-65-39(37)31-38(51)46(59)49-35-13-11-34(12-14-35)45(58)48-19-6-4-5-10-40(53)47-20-22-61-24-26-63-28-27-62-25-23-60-21-17-44(57)64-52-41(54)15-16-42(52)55/h7-9,18,29-31,34-35H,3-6,10-17,19-28,32H2,1-2H3,(H,47,53)(H,48,58)(H,49,59)/t34-,35-. The number of nitrogens with zero attached hydrogens (tertiary/aromatic N) is 3. The second-order valence-corrected chi connectivity index (χ2v) is 16.9. The molecule has 1 aliphatic heterocycles. The highest BCUT2D eigenvalue weighted by Gasteiger charge is 2.33. The van der Waals surface area contributed by atoms with Gasteiger partial charge in [0.15, 0.2) is 0 Å². The number of carbonyl (C=O) groups excluding carboxylic acids is 7. The summed E-state index contributed by atoms with van der Waals surface area (Å²) in [5.41, 5.74) is 3.22. The van der Waals surface area contributed by atoms with E-state index in [-0.39, 0.29) is 74.6 Å². The van der Waals surface area contributed by atoms with Crippen LogP contribution >= 0.6 is 11.3 Å². The molecule has 3 aromatic rings. The number of carbonyl (C=O) groups is 7. The maximum absolute atomic E-state index is 13.6. The predicted octanol–water partition coefficient (Wildman–Crippen LogP) is 4.21. The normalized spacial score (nSPS) is 16.2. The number of fused-ring (bicyclic) bond motifs is 1. The lowest BCUT2D eigenvalue weighted by atomic mass is 9.85. The van der Waals surface area contributed by atoms with Gasteiger partial charge in [-0.15, -0.1) is 16.4 Å². The molecule has 0 radical (unpaired) electrons. The third-order valence-corrected chi connectivity index (χ3v) is 12.0. The SMILES string of the molecule is CCN(C(=O)Cn1c(C(=O)N[C@H]2CC[C@H](C(=O)NCCCCCC(=O)NCCOCCOCCOCCOCCC(=O)ON3C(=O)CCC3=O)CC2)cc2sccc21)c1cccc(C)c1. The number of amides is 6. The molecule has 18 nitrogen and oxygen atoms in total. The van der Waals surface area contributed by atoms with Crippen molar-refractivity contribution < 1.29 is 57.3 Å². The molecule has 356 valence electrons. The third kappa shape index (κ3) is 16.6. The highest BCUT2D eigenvalue weighted by molar-refractivity contribution is 7.17. The first-order valence-electron chi connectivity index (χ1n) is 22.7. The number of benzene rings is 1. The van der Waals surface area contributed by atoms with Crippen LogP contribution in [0.2, 0.25) is 0 Å². The Labute approximate surface area is 383 Å². The minimum absolute atomic E-state index is 0.0318. The number of thiophene rings is 1. The number of ether oxygens (including phenoxy) is 4. The molecule has 1 aliphatic carbocycles. The fourth-order valence-electron chi connectivity index (χ4n) is 7.63. The molecular formula is C46H64N6O12S. The second kappa shape index (κ2) is 27.3.